The van der Waals surface area contributed by atoms with Gasteiger partial charge in [-0.3, -0.25) is 0 Å². The van der Waals surface area contributed by atoms with E-state index < -0.39 is 0 Å². The Morgan fingerprint density at radius 1 is 1.09 bits per heavy atom. The molecule has 114 valence electrons. The number of rotatable bonds is 6. The molecule has 0 N–H and O–H groups in total. The van der Waals surface area contributed by atoms with Crippen molar-refractivity contribution < 1.29 is 19.0 Å². The third-order valence-electron chi connectivity index (χ3n) is 3.42. The van der Waals surface area contributed by atoms with Gasteiger partial charge in [0.25, 0.3) is 0 Å². The molecule has 4 nitrogen and oxygen atoms in total. The zero-order chi connectivity index (χ0) is 15.4. The molecule has 0 aromatic heterocycles. The molecule has 4 heteroatoms. The predicted molar refractivity (Wildman–Crippen MR) is 82.2 cm³/mol. The van der Waals surface area contributed by atoms with Gasteiger partial charge < -0.3 is 14.2 Å². The minimum absolute atomic E-state index is 0.229. The van der Waals surface area contributed by atoms with Gasteiger partial charge in [0.1, 0.15) is 6.61 Å². The summed E-state index contributed by atoms with van der Waals surface area (Å²) in [6.07, 6.45) is 2.31. The lowest BCUT2D eigenvalue weighted by Gasteiger charge is -2.13. The molecule has 0 atom stereocenters. The lowest BCUT2D eigenvalue weighted by atomic mass is 10.2. The van der Waals surface area contributed by atoms with Crippen LogP contribution in [-0.2, 0) is 11.3 Å². The molecule has 3 rings (SSSR count). The number of benzene rings is 2. The van der Waals surface area contributed by atoms with Crippen LogP contribution in [0.25, 0.3) is 0 Å². The Balaban J connectivity index is 1.77. The maximum Gasteiger partial charge on any atom is 0.337 e. The number of ether oxygens (including phenoxy) is 3. The first-order valence-electron chi connectivity index (χ1n) is 7.32. The van der Waals surface area contributed by atoms with E-state index in [0.717, 1.165) is 18.4 Å². The Bertz CT molecular complexity index is 647. The van der Waals surface area contributed by atoms with Crippen LogP contribution in [0.2, 0.25) is 0 Å². The average molecular weight is 298 g/mol. The topological polar surface area (TPSA) is 44.8 Å². The van der Waals surface area contributed by atoms with Crippen molar-refractivity contribution in [3.05, 3.63) is 59.7 Å². The van der Waals surface area contributed by atoms with Gasteiger partial charge in [0, 0.05) is 0 Å². The fourth-order valence-corrected chi connectivity index (χ4v) is 2.07. The summed E-state index contributed by atoms with van der Waals surface area (Å²) < 4.78 is 16.4. The van der Waals surface area contributed by atoms with Gasteiger partial charge in [-0.25, -0.2) is 4.79 Å². The molecular weight excluding hydrogens is 280 g/mol. The number of hydrogen-bond donors (Lipinski definition) is 0. The molecule has 0 amide bonds. The van der Waals surface area contributed by atoms with Gasteiger partial charge in [0.2, 0.25) is 0 Å². The van der Waals surface area contributed by atoms with Gasteiger partial charge in [0.15, 0.2) is 11.5 Å². The minimum Gasteiger partial charge on any atom is -0.487 e. The second-order valence-corrected chi connectivity index (χ2v) is 5.24. The fourth-order valence-electron chi connectivity index (χ4n) is 2.07. The highest BCUT2D eigenvalue weighted by Gasteiger charge is 2.25. The zero-order valence-electron chi connectivity index (χ0n) is 12.5. The molecule has 2 aromatic rings. The van der Waals surface area contributed by atoms with Crippen molar-refractivity contribution in [2.45, 2.75) is 25.6 Å². The standard InChI is InChI=1S/C18H18O4/c1-20-18(19)14-7-10-16(17(11-14)22-15-8-9-15)21-12-13-5-3-2-4-6-13/h2-7,10-11,15H,8-9,12H2,1H3. The van der Waals surface area contributed by atoms with E-state index in [0.29, 0.717) is 23.7 Å². The maximum atomic E-state index is 11.6. The number of esters is 1. The van der Waals surface area contributed by atoms with Crippen molar-refractivity contribution in [1.29, 1.82) is 0 Å². The smallest absolute Gasteiger partial charge is 0.337 e. The van der Waals surface area contributed by atoms with Gasteiger partial charge >= 0.3 is 5.97 Å². The summed E-state index contributed by atoms with van der Waals surface area (Å²) in [6, 6.07) is 15.1. The summed E-state index contributed by atoms with van der Waals surface area (Å²) in [4.78, 5) is 11.6. The lowest BCUT2D eigenvalue weighted by molar-refractivity contribution is 0.0600. The Morgan fingerprint density at radius 2 is 1.86 bits per heavy atom. The molecule has 0 unspecified atom stereocenters. The quantitative estimate of drug-likeness (QED) is 0.764. The van der Waals surface area contributed by atoms with Crippen molar-refractivity contribution in [2.75, 3.05) is 7.11 Å². The maximum absolute atomic E-state index is 11.6. The first kappa shape index (κ1) is 14.4. The highest BCUT2D eigenvalue weighted by molar-refractivity contribution is 5.90. The predicted octanol–water partition coefficient (Wildman–Crippen LogP) is 3.59. The van der Waals surface area contributed by atoms with Gasteiger partial charge in [-0.05, 0) is 36.6 Å². The molecule has 1 saturated carbocycles. The molecule has 0 saturated heterocycles. The van der Waals surface area contributed by atoms with Gasteiger partial charge in [-0.2, -0.15) is 0 Å². The highest BCUT2D eigenvalue weighted by Crippen LogP contribution is 2.35. The number of carbonyl (C=O) groups is 1. The van der Waals surface area contributed by atoms with Crippen molar-refractivity contribution in [3.63, 3.8) is 0 Å². The van der Waals surface area contributed by atoms with Gasteiger partial charge in [-0.1, -0.05) is 30.3 Å². The molecular formula is C18H18O4. The molecule has 2 aromatic carbocycles. The molecule has 0 radical (unpaired) electrons. The molecule has 0 heterocycles. The Morgan fingerprint density at radius 3 is 2.55 bits per heavy atom. The summed E-state index contributed by atoms with van der Waals surface area (Å²) in [5.41, 5.74) is 1.54. The summed E-state index contributed by atoms with van der Waals surface area (Å²) in [5.74, 6) is 0.861. The zero-order valence-corrected chi connectivity index (χ0v) is 12.5. The van der Waals surface area contributed by atoms with E-state index >= 15 is 0 Å². The Labute approximate surface area is 129 Å². The van der Waals surface area contributed by atoms with E-state index in [1.807, 2.05) is 30.3 Å². The average Bonchev–Trinajstić information content (AvgIpc) is 3.38. The molecule has 1 aliphatic rings. The van der Waals surface area contributed by atoms with Crippen molar-refractivity contribution in [1.82, 2.24) is 0 Å². The third kappa shape index (κ3) is 3.58. The van der Waals surface area contributed by atoms with Crippen LogP contribution in [0.3, 0.4) is 0 Å². The highest BCUT2D eigenvalue weighted by atomic mass is 16.5. The van der Waals surface area contributed by atoms with Crippen LogP contribution >= 0.6 is 0 Å². The molecule has 0 aliphatic heterocycles. The van der Waals surface area contributed by atoms with Crippen LogP contribution in [0.1, 0.15) is 28.8 Å². The van der Waals surface area contributed by atoms with Crippen LogP contribution in [0, 0.1) is 0 Å². The normalized spacial score (nSPS) is 13.5. The van der Waals surface area contributed by atoms with E-state index in [-0.39, 0.29) is 12.1 Å². The monoisotopic (exact) mass is 298 g/mol. The molecule has 1 fully saturated rings. The second-order valence-electron chi connectivity index (χ2n) is 5.24. The molecule has 1 aliphatic carbocycles. The van der Waals surface area contributed by atoms with Crippen LogP contribution in [0.4, 0.5) is 0 Å². The largest absolute Gasteiger partial charge is 0.487 e. The van der Waals surface area contributed by atoms with Crippen molar-refractivity contribution in [3.8, 4) is 11.5 Å². The van der Waals surface area contributed by atoms with E-state index in [1.54, 1.807) is 18.2 Å². The lowest BCUT2D eigenvalue weighted by Crippen LogP contribution is -2.05. The van der Waals surface area contributed by atoms with E-state index in [9.17, 15) is 4.79 Å². The third-order valence-corrected chi connectivity index (χ3v) is 3.42. The molecule has 0 spiro atoms. The Kier molecular flexibility index (Phi) is 4.28. The van der Waals surface area contributed by atoms with Crippen LogP contribution < -0.4 is 9.47 Å². The van der Waals surface area contributed by atoms with Crippen molar-refractivity contribution in [2.24, 2.45) is 0 Å². The Hall–Kier alpha value is -2.49. The minimum atomic E-state index is -0.379. The number of carbonyl (C=O) groups excluding carboxylic acids is 1. The fraction of sp³-hybridized carbons (Fsp3) is 0.278. The van der Waals surface area contributed by atoms with Crippen LogP contribution in [-0.4, -0.2) is 19.2 Å². The van der Waals surface area contributed by atoms with Crippen molar-refractivity contribution >= 4 is 5.97 Å². The van der Waals surface area contributed by atoms with E-state index in [4.69, 9.17) is 14.2 Å². The summed E-state index contributed by atoms with van der Waals surface area (Å²) in [7, 11) is 1.36. The van der Waals surface area contributed by atoms with Gasteiger partial charge in [0.05, 0.1) is 18.8 Å². The van der Waals surface area contributed by atoms with E-state index in [1.165, 1.54) is 7.11 Å². The second kappa shape index (κ2) is 6.52. The van der Waals surface area contributed by atoms with Crippen LogP contribution in [0.5, 0.6) is 11.5 Å². The number of methoxy groups -OCH3 is 1. The van der Waals surface area contributed by atoms with E-state index in [2.05, 4.69) is 0 Å². The SMILES string of the molecule is COC(=O)c1ccc(OCc2ccccc2)c(OC2CC2)c1. The first-order chi connectivity index (χ1) is 10.8. The molecule has 22 heavy (non-hydrogen) atoms. The summed E-state index contributed by atoms with van der Waals surface area (Å²) in [6.45, 7) is 0.458. The number of hydrogen-bond acceptors (Lipinski definition) is 4. The first-order valence-corrected chi connectivity index (χ1v) is 7.32. The van der Waals surface area contributed by atoms with Crippen LogP contribution in [0.15, 0.2) is 48.5 Å². The summed E-state index contributed by atoms with van der Waals surface area (Å²) >= 11 is 0. The summed E-state index contributed by atoms with van der Waals surface area (Å²) in [5, 5.41) is 0. The molecule has 0 bridgehead atoms. The van der Waals surface area contributed by atoms with Gasteiger partial charge in [-0.15, -0.1) is 0 Å².